The van der Waals surface area contributed by atoms with Gasteiger partial charge >= 0.3 is 5.76 Å². The lowest BCUT2D eigenvalue weighted by molar-refractivity contribution is 0.505. The summed E-state index contributed by atoms with van der Waals surface area (Å²) in [7, 11) is 1.07. The van der Waals surface area contributed by atoms with Crippen LogP contribution in [-0.2, 0) is 23.8 Å². The molecule has 0 saturated carbocycles. The topological polar surface area (TPSA) is 97.4 Å². The third kappa shape index (κ3) is 3.13. The molecule has 0 aliphatic rings. The predicted molar refractivity (Wildman–Crippen MR) is 92.0 cm³/mol. The number of nitrogens with one attached hydrogen (secondary N) is 1. The van der Waals surface area contributed by atoms with Crippen LogP contribution in [0.5, 0.6) is 0 Å². The van der Waals surface area contributed by atoms with Gasteiger partial charge in [0.2, 0.25) is 0 Å². The van der Waals surface area contributed by atoms with Crippen molar-refractivity contribution < 1.29 is 12.8 Å². The highest BCUT2D eigenvalue weighted by molar-refractivity contribution is 7.87. The van der Waals surface area contributed by atoms with E-state index in [4.69, 9.17) is 4.42 Å². The molecule has 10 heteroatoms. The minimum Gasteiger partial charge on any atom is -0.408 e. The van der Waals surface area contributed by atoms with E-state index in [1.54, 1.807) is 19.2 Å². The Morgan fingerprint density at radius 2 is 2.12 bits per heavy atom. The largest absolute Gasteiger partial charge is 0.419 e. The summed E-state index contributed by atoms with van der Waals surface area (Å²) in [6.45, 7) is 0.119. The van der Waals surface area contributed by atoms with Gasteiger partial charge in [0.15, 0.2) is 5.58 Å². The van der Waals surface area contributed by atoms with Gasteiger partial charge < -0.3 is 4.42 Å². The first-order valence-corrected chi connectivity index (χ1v) is 9.31. The molecular weight excluding hydrogens is 352 g/mol. The van der Waals surface area contributed by atoms with E-state index in [-0.39, 0.29) is 6.54 Å². The zero-order chi connectivity index (χ0) is 17.5. The summed E-state index contributed by atoms with van der Waals surface area (Å²) in [5, 5.41) is 2.48. The molecule has 0 bridgehead atoms. The van der Waals surface area contributed by atoms with Crippen LogP contribution in [0.15, 0.2) is 32.8 Å². The molecule has 0 atom stereocenters. The van der Waals surface area contributed by atoms with Crippen molar-refractivity contribution in [3.8, 4) is 11.3 Å². The number of aromatic nitrogens is 2. The Balaban J connectivity index is 1.84. The van der Waals surface area contributed by atoms with Crippen LogP contribution in [0.4, 0.5) is 0 Å². The van der Waals surface area contributed by atoms with Crippen molar-refractivity contribution in [1.82, 2.24) is 18.6 Å². The van der Waals surface area contributed by atoms with Gasteiger partial charge in [0, 0.05) is 32.1 Å². The number of rotatable bonds is 5. The summed E-state index contributed by atoms with van der Waals surface area (Å²) < 4.78 is 33.6. The lowest BCUT2D eigenvalue weighted by Crippen LogP contribution is -2.35. The highest BCUT2D eigenvalue weighted by atomic mass is 32.2. The molecule has 0 aliphatic heterocycles. The van der Waals surface area contributed by atoms with Crippen LogP contribution in [0.3, 0.4) is 0 Å². The average Bonchev–Trinajstić information content (AvgIpc) is 3.11. The maximum absolute atomic E-state index is 11.7. The van der Waals surface area contributed by atoms with Gasteiger partial charge in [-0.25, -0.2) is 9.78 Å². The van der Waals surface area contributed by atoms with Gasteiger partial charge in [-0.05, 0) is 12.1 Å². The Morgan fingerprint density at radius 3 is 2.83 bits per heavy atom. The molecule has 0 spiro atoms. The Morgan fingerprint density at radius 1 is 1.38 bits per heavy atom. The lowest BCUT2D eigenvalue weighted by atomic mass is 10.1. The fraction of sp³-hybridized carbons (Fsp3) is 0.286. The van der Waals surface area contributed by atoms with Crippen molar-refractivity contribution >= 4 is 32.6 Å². The van der Waals surface area contributed by atoms with E-state index in [0.717, 1.165) is 9.87 Å². The van der Waals surface area contributed by atoms with E-state index < -0.39 is 16.0 Å². The molecule has 0 radical (unpaired) electrons. The molecule has 2 aromatic heterocycles. The zero-order valence-corrected chi connectivity index (χ0v) is 14.9. The van der Waals surface area contributed by atoms with Crippen LogP contribution in [0.1, 0.15) is 5.01 Å². The van der Waals surface area contributed by atoms with Gasteiger partial charge in [-0.3, -0.25) is 4.57 Å². The van der Waals surface area contributed by atoms with E-state index in [1.807, 2.05) is 11.4 Å². The summed E-state index contributed by atoms with van der Waals surface area (Å²) in [5.41, 5.74) is 2.70. The van der Waals surface area contributed by atoms with Gasteiger partial charge in [-0.1, -0.05) is 6.07 Å². The summed E-state index contributed by atoms with van der Waals surface area (Å²) in [6, 6.07) is 5.39. The molecule has 3 aromatic rings. The predicted octanol–water partition coefficient (Wildman–Crippen LogP) is 1.15. The minimum absolute atomic E-state index is 0.119. The first-order chi connectivity index (χ1) is 11.3. The van der Waals surface area contributed by atoms with Crippen molar-refractivity contribution in [2.24, 2.45) is 7.05 Å². The summed E-state index contributed by atoms with van der Waals surface area (Å²) in [5.74, 6) is -0.417. The molecule has 3 rings (SSSR count). The van der Waals surface area contributed by atoms with Crippen LogP contribution in [0, 0.1) is 0 Å². The highest BCUT2D eigenvalue weighted by Gasteiger charge is 2.14. The highest BCUT2D eigenvalue weighted by Crippen LogP contribution is 2.25. The Bertz CT molecular complexity index is 1050. The number of nitrogens with zero attached hydrogens (tertiary/aromatic N) is 3. The second-order valence-corrected chi connectivity index (χ2v) is 8.26. The Labute approximate surface area is 142 Å². The number of thiazole rings is 1. The van der Waals surface area contributed by atoms with Crippen LogP contribution in [0.25, 0.3) is 22.4 Å². The van der Waals surface area contributed by atoms with E-state index in [9.17, 15) is 13.2 Å². The number of hydrogen-bond acceptors (Lipinski definition) is 6. The molecule has 0 aliphatic carbocycles. The third-order valence-corrected chi connectivity index (χ3v) is 5.85. The molecule has 8 nitrogen and oxygen atoms in total. The Kier molecular flexibility index (Phi) is 4.30. The average molecular weight is 368 g/mol. The maximum atomic E-state index is 11.7. The minimum atomic E-state index is -3.49. The fourth-order valence-corrected chi connectivity index (χ4v) is 3.51. The summed E-state index contributed by atoms with van der Waals surface area (Å²) in [6.07, 6.45) is 0. The third-order valence-electron chi connectivity index (χ3n) is 3.53. The van der Waals surface area contributed by atoms with Gasteiger partial charge in [-0.15, -0.1) is 11.3 Å². The number of hydrogen-bond donors (Lipinski definition) is 1. The molecule has 1 aromatic carbocycles. The van der Waals surface area contributed by atoms with Crippen molar-refractivity contribution in [3.63, 3.8) is 0 Å². The van der Waals surface area contributed by atoms with Crippen molar-refractivity contribution in [3.05, 3.63) is 39.1 Å². The number of oxazole rings is 1. The summed E-state index contributed by atoms with van der Waals surface area (Å²) >= 11 is 1.36. The van der Waals surface area contributed by atoms with Crippen LogP contribution in [-0.4, -0.2) is 36.4 Å². The maximum Gasteiger partial charge on any atom is 0.419 e. The second-order valence-electron chi connectivity index (χ2n) is 5.34. The van der Waals surface area contributed by atoms with Crippen LogP contribution >= 0.6 is 11.3 Å². The molecule has 2 heterocycles. The molecule has 0 amide bonds. The molecule has 24 heavy (non-hydrogen) atoms. The molecule has 128 valence electrons. The monoisotopic (exact) mass is 368 g/mol. The first-order valence-electron chi connectivity index (χ1n) is 6.99. The van der Waals surface area contributed by atoms with Crippen molar-refractivity contribution in [2.75, 3.05) is 14.1 Å². The molecule has 0 unspecified atom stereocenters. The molecular formula is C14H16N4O4S2. The molecule has 1 N–H and O–H groups in total. The van der Waals surface area contributed by atoms with Gasteiger partial charge in [0.25, 0.3) is 10.2 Å². The summed E-state index contributed by atoms with van der Waals surface area (Å²) in [4.78, 5) is 16.0. The van der Waals surface area contributed by atoms with E-state index in [1.165, 1.54) is 30.0 Å². The SMILES string of the molecule is CN(C)S(=O)(=O)NCc1nc(-c2ccc3c(c2)oc(=O)n3C)cs1. The van der Waals surface area contributed by atoms with Crippen molar-refractivity contribution in [1.29, 1.82) is 0 Å². The van der Waals surface area contributed by atoms with Gasteiger partial charge in [0.05, 0.1) is 17.8 Å². The fourth-order valence-electron chi connectivity index (χ4n) is 2.10. The molecule has 0 saturated heterocycles. The van der Waals surface area contributed by atoms with E-state index >= 15 is 0 Å². The van der Waals surface area contributed by atoms with Crippen LogP contribution in [0.2, 0.25) is 0 Å². The van der Waals surface area contributed by atoms with E-state index in [0.29, 0.717) is 21.8 Å². The van der Waals surface area contributed by atoms with Crippen molar-refractivity contribution in [2.45, 2.75) is 6.54 Å². The number of fused-ring (bicyclic) bond motifs is 1. The molecule has 0 fully saturated rings. The quantitative estimate of drug-likeness (QED) is 0.729. The lowest BCUT2D eigenvalue weighted by Gasteiger charge is -2.10. The smallest absolute Gasteiger partial charge is 0.408 e. The zero-order valence-electron chi connectivity index (χ0n) is 13.3. The Hall–Kier alpha value is -2.01. The number of aryl methyl sites for hydroxylation is 1. The van der Waals surface area contributed by atoms with E-state index in [2.05, 4.69) is 9.71 Å². The van der Waals surface area contributed by atoms with Crippen LogP contribution < -0.4 is 10.5 Å². The van der Waals surface area contributed by atoms with Gasteiger partial charge in [0.1, 0.15) is 5.01 Å². The first kappa shape index (κ1) is 16.8. The number of benzene rings is 1. The van der Waals surface area contributed by atoms with Gasteiger partial charge in [-0.2, -0.15) is 17.4 Å². The standard InChI is InChI=1S/C14H16N4O4S2/c1-17(2)24(20,21)15-7-13-16-10(8-23-13)9-4-5-11-12(6-9)22-14(19)18(11)3/h4-6,8,15H,7H2,1-3H3. The second kappa shape index (κ2) is 6.13. The normalized spacial score (nSPS) is 12.3.